The number of methoxy groups -OCH3 is 1. The summed E-state index contributed by atoms with van der Waals surface area (Å²) >= 11 is 0. The summed E-state index contributed by atoms with van der Waals surface area (Å²) in [6.07, 6.45) is -4.63. The van der Waals surface area contributed by atoms with Crippen molar-refractivity contribution in [3.63, 3.8) is 0 Å². The van der Waals surface area contributed by atoms with Crippen molar-refractivity contribution in [3.8, 4) is 0 Å². The fourth-order valence-corrected chi connectivity index (χ4v) is 2.40. The van der Waals surface area contributed by atoms with Crippen molar-refractivity contribution in [3.05, 3.63) is 59.7 Å². The second kappa shape index (κ2) is 8.68. The lowest BCUT2D eigenvalue weighted by Gasteiger charge is -2.14. The molecule has 2 aromatic carbocycles. The molecule has 8 heteroatoms. The predicted octanol–water partition coefficient (Wildman–Crippen LogP) is 4.32. The molecule has 0 fully saturated rings. The fraction of sp³-hybridized carbons (Fsp3) is 0.263. The standard InChI is InChI=1S/C19H19F3N2O3/c1-3-16(27-2)18(26)24-14-8-4-6-12(10-14)17(25)23-15-9-5-7-13(11-15)19(20,21)22/h4-11,16H,3H2,1-2H3,(H,23,25)(H,24,26). The van der Waals surface area contributed by atoms with Crippen molar-refractivity contribution >= 4 is 23.2 Å². The van der Waals surface area contributed by atoms with Crippen LogP contribution in [-0.2, 0) is 15.7 Å². The summed E-state index contributed by atoms with van der Waals surface area (Å²) in [7, 11) is 1.42. The van der Waals surface area contributed by atoms with Gasteiger partial charge in [0, 0.05) is 24.0 Å². The molecule has 2 rings (SSSR count). The molecule has 0 bridgehead atoms. The number of anilines is 2. The number of amides is 2. The molecule has 0 aliphatic heterocycles. The van der Waals surface area contributed by atoms with Crippen molar-refractivity contribution < 1.29 is 27.5 Å². The second-order valence-electron chi connectivity index (χ2n) is 5.74. The van der Waals surface area contributed by atoms with Gasteiger partial charge in [0.1, 0.15) is 6.10 Å². The number of hydrogen-bond donors (Lipinski definition) is 2. The normalized spacial score (nSPS) is 12.3. The third-order valence-corrected chi connectivity index (χ3v) is 3.79. The van der Waals surface area contributed by atoms with Crippen molar-refractivity contribution in [2.24, 2.45) is 0 Å². The van der Waals surface area contributed by atoms with Gasteiger partial charge in [-0.1, -0.05) is 19.1 Å². The summed E-state index contributed by atoms with van der Waals surface area (Å²) in [4.78, 5) is 24.4. The van der Waals surface area contributed by atoms with Crippen LogP contribution in [-0.4, -0.2) is 25.0 Å². The summed E-state index contributed by atoms with van der Waals surface area (Å²) in [6, 6.07) is 10.4. The van der Waals surface area contributed by atoms with Gasteiger partial charge in [-0.2, -0.15) is 13.2 Å². The van der Waals surface area contributed by atoms with Crippen LogP contribution in [0.5, 0.6) is 0 Å². The van der Waals surface area contributed by atoms with E-state index in [4.69, 9.17) is 4.74 Å². The van der Waals surface area contributed by atoms with E-state index in [0.717, 1.165) is 12.1 Å². The van der Waals surface area contributed by atoms with Gasteiger partial charge in [-0.15, -0.1) is 0 Å². The Labute approximate surface area is 154 Å². The number of benzene rings is 2. The minimum atomic E-state index is -4.50. The number of rotatable bonds is 6. The summed E-state index contributed by atoms with van der Waals surface area (Å²) < 4.78 is 43.3. The molecular weight excluding hydrogens is 361 g/mol. The molecule has 0 saturated carbocycles. The van der Waals surface area contributed by atoms with Crippen LogP contribution in [0.4, 0.5) is 24.5 Å². The fourth-order valence-electron chi connectivity index (χ4n) is 2.40. The van der Waals surface area contributed by atoms with Crippen LogP contribution in [0, 0.1) is 0 Å². The van der Waals surface area contributed by atoms with E-state index >= 15 is 0 Å². The lowest BCUT2D eigenvalue weighted by molar-refractivity contribution is -0.137. The molecule has 0 saturated heterocycles. The number of alkyl halides is 3. The van der Waals surface area contributed by atoms with Gasteiger partial charge in [0.05, 0.1) is 5.56 Å². The lowest BCUT2D eigenvalue weighted by Crippen LogP contribution is -2.28. The Kier molecular flexibility index (Phi) is 6.57. The van der Waals surface area contributed by atoms with Gasteiger partial charge in [0.25, 0.3) is 11.8 Å². The van der Waals surface area contributed by atoms with E-state index in [1.54, 1.807) is 19.1 Å². The molecule has 2 amide bonds. The zero-order valence-electron chi connectivity index (χ0n) is 14.8. The minimum absolute atomic E-state index is 0.0229. The van der Waals surface area contributed by atoms with Gasteiger partial charge < -0.3 is 15.4 Å². The summed E-state index contributed by atoms with van der Waals surface area (Å²) in [5, 5.41) is 5.06. The molecule has 0 spiro atoms. The monoisotopic (exact) mass is 380 g/mol. The van der Waals surface area contributed by atoms with Crippen molar-refractivity contribution in [1.29, 1.82) is 0 Å². The Hall–Kier alpha value is -2.87. The first-order valence-corrected chi connectivity index (χ1v) is 8.17. The van der Waals surface area contributed by atoms with Gasteiger partial charge in [0.2, 0.25) is 0 Å². The Bertz CT molecular complexity index is 818. The maximum absolute atomic E-state index is 12.8. The van der Waals surface area contributed by atoms with E-state index in [1.807, 2.05) is 0 Å². The molecule has 5 nitrogen and oxygen atoms in total. The minimum Gasteiger partial charge on any atom is -0.372 e. The molecule has 0 aromatic heterocycles. The van der Waals surface area contributed by atoms with E-state index < -0.39 is 23.8 Å². The molecule has 2 aromatic rings. The number of carbonyl (C=O) groups is 2. The number of hydrogen-bond acceptors (Lipinski definition) is 3. The van der Waals surface area contributed by atoms with Gasteiger partial charge in [-0.3, -0.25) is 9.59 Å². The molecular formula is C19H19F3N2O3. The van der Waals surface area contributed by atoms with Crippen LogP contribution in [0.2, 0.25) is 0 Å². The van der Waals surface area contributed by atoms with E-state index in [0.29, 0.717) is 12.1 Å². The Morgan fingerprint density at radius 2 is 1.67 bits per heavy atom. The van der Waals surface area contributed by atoms with Crippen LogP contribution < -0.4 is 10.6 Å². The highest BCUT2D eigenvalue weighted by Gasteiger charge is 2.30. The largest absolute Gasteiger partial charge is 0.416 e. The van der Waals surface area contributed by atoms with Crippen LogP contribution in [0.15, 0.2) is 48.5 Å². The average molecular weight is 380 g/mol. The first kappa shape index (κ1) is 20.4. The highest BCUT2D eigenvalue weighted by molar-refractivity contribution is 6.05. The van der Waals surface area contributed by atoms with E-state index in [1.165, 1.54) is 31.4 Å². The van der Waals surface area contributed by atoms with Crippen LogP contribution in [0.1, 0.15) is 29.3 Å². The smallest absolute Gasteiger partial charge is 0.372 e. The maximum Gasteiger partial charge on any atom is 0.416 e. The van der Waals surface area contributed by atoms with Gasteiger partial charge in [-0.25, -0.2) is 0 Å². The third-order valence-electron chi connectivity index (χ3n) is 3.79. The molecule has 0 radical (unpaired) electrons. The predicted molar refractivity (Wildman–Crippen MR) is 95.6 cm³/mol. The molecule has 144 valence electrons. The number of halogens is 3. The van der Waals surface area contributed by atoms with Crippen molar-refractivity contribution in [1.82, 2.24) is 0 Å². The number of ether oxygens (including phenoxy) is 1. The zero-order chi connectivity index (χ0) is 20.0. The lowest BCUT2D eigenvalue weighted by atomic mass is 10.1. The summed E-state index contributed by atoms with van der Waals surface area (Å²) in [5.74, 6) is -0.945. The molecule has 0 aliphatic rings. The van der Waals surface area contributed by atoms with E-state index in [2.05, 4.69) is 10.6 Å². The van der Waals surface area contributed by atoms with Crippen LogP contribution in [0.3, 0.4) is 0 Å². The third kappa shape index (κ3) is 5.55. The first-order chi connectivity index (χ1) is 12.7. The average Bonchev–Trinajstić information content (AvgIpc) is 2.62. The molecule has 0 aliphatic carbocycles. The molecule has 1 atom stereocenters. The maximum atomic E-state index is 12.8. The van der Waals surface area contributed by atoms with E-state index in [-0.39, 0.29) is 17.2 Å². The van der Waals surface area contributed by atoms with Crippen molar-refractivity contribution in [2.75, 3.05) is 17.7 Å². The number of nitrogens with one attached hydrogen (secondary N) is 2. The van der Waals surface area contributed by atoms with Gasteiger partial charge in [-0.05, 0) is 42.8 Å². The molecule has 27 heavy (non-hydrogen) atoms. The van der Waals surface area contributed by atoms with Crippen LogP contribution >= 0.6 is 0 Å². The van der Waals surface area contributed by atoms with Gasteiger partial charge >= 0.3 is 6.18 Å². The highest BCUT2D eigenvalue weighted by Crippen LogP contribution is 2.30. The van der Waals surface area contributed by atoms with Crippen LogP contribution in [0.25, 0.3) is 0 Å². The molecule has 1 unspecified atom stereocenters. The van der Waals surface area contributed by atoms with E-state index in [9.17, 15) is 22.8 Å². The second-order valence-corrected chi connectivity index (χ2v) is 5.74. The molecule has 2 N–H and O–H groups in total. The van der Waals surface area contributed by atoms with Gasteiger partial charge in [0.15, 0.2) is 0 Å². The first-order valence-electron chi connectivity index (χ1n) is 8.17. The number of carbonyl (C=O) groups excluding carboxylic acids is 2. The topological polar surface area (TPSA) is 67.4 Å². The Morgan fingerprint density at radius 3 is 2.26 bits per heavy atom. The zero-order valence-corrected chi connectivity index (χ0v) is 14.8. The summed E-state index contributed by atoms with van der Waals surface area (Å²) in [5.41, 5.74) is -0.260. The Balaban J connectivity index is 2.13. The highest BCUT2D eigenvalue weighted by atomic mass is 19.4. The quantitative estimate of drug-likeness (QED) is 0.784. The molecule has 0 heterocycles. The summed E-state index contributed by atoms with van der Waals surface area (Å²) in [6.45, 7) is 1.80. The van der Waals surface area contributed by atoms with Crippen molar-refractivity contribution in [2.45, 2.75) is 25.6 Å². The SMILES string of the molecule is CCC(OC)C(=O)Nc1cccc(C(=O)Nc2cccc(C(F)(F)F)c2)c1. The Morgan fingerprint density at radius 1 is 1.04 bits per heavy atom.